The van der Waals surface area contributed by atoms with Gasteiger partial charge in [-0.05, 0) is 46.1 Å². The molecule has 2 heterocycles. The standard InChI is InChI=1S/C14H23NO3/c1-14(2,3)18-13(16)15-8-4-6-11(15)10-12-7-5-9-17-12/h10-11H,4-9H2,1-3H3/b12-10-. The molecule has 0 aromatic heterocycles. The number of amides is 1. The highest BCUT2D eigenvalue weighted by Crippen LogP contribution is 2.25. The van der Waals surface area contributed by atoms with Crippen LogP contribution in [-0.2, 0) is 9.47 Å². The number of carbonyl (C=O) groups is 1. The Bertz CT molecular complexity index is 335. The van der Waals surface area contributed by atoms with Crippen molar-refractivity contribution in [2.75, 3.05) is 13.2 Å². The van der Waals surface area contributed by atoms with E-state index in [4.69, 9.17) is 9.47 Å². The first kappa shape index (κ1) is 13.2. The van der Waals surface area contributed by atoms with E-state index in [0.29, 0.717) is 0 Å². The summed E-state index contributed by atoms with van der Waals surface area (Å²) in [5.74, 6) is 1.04. The second-order valence-electron chi connectivity index (χ2n) is 5.97. The zero-order valence-electron chi connectivity index (χ0n) is 11.6. The van der Waals surface area contributed by atoms with Gasteiger partial charge in [-0.1, -0.05) is 0 Å². The van der Waals surface area contributed by atoms with Crippen molar-refractivity contribution in [3.05, 3.63) is 11.8 Å². The van der Waals surface area contributed by atoms with Crippen LogP contribution in [0.15, 0.2) is 11.8 Å². The van der Waals surface area contributed by atoms with E-state index in [1.807, 2.05) is 25.7 Å². The van der Waals surface area contributed by atoms with Crippen molar-refractivity contribution in [1.29, 1.82) is 0 Å². The Labute approximate surface area is 109 Å². The molecule has 0 spiro atoms. The Morgan fingerprint density at radius 1 is 1.44 bits per heavy atom. The number of hydrogen-bond donors (Lipinski definition) is 0. The number of likely N-dealkylation sites (tertiary alicyclic amines) is 1. The van der Waals surface area contributed by atoms with Gasteiger partial charge in [0.05, 0.1) is 18.4 Å². The Kier molecular flexibility index (Phi) is 3.83. The lowest BCUT2D eigenvalue weighted by Gasteiger charge is -2.27. The molecule has 2 fully saturated rings. The van der Waals surface area contributed by atoms with Gasteiger partial charge in [-0.15, -0.1) is 0 Å². The summed E-state index contributed by atoms with van der Waals surface area (Å²) >= 11 is 0. The highest BCUT2D eigenvalue weighted by Gasteiger charge is 2.31. The summed E-state index contributed by atoms with van der Waals surface area (Å²) in [4.78, 5) is 13.9. The van der Waals surface area contributed by atoms with Gasteiger partial charge in [0.25, 0.3) is 0 Å². The summed E-state index contributed by atoms with van der Waals surface area (Å²) in [5, 5.41) is 0. The number of carbonyl (C=O) groups excluding carboxylic acids is 1. The van der Waals surface area contributed by atoms with Crippen LogP contribution >= 0.6 is 0 Å². The van der Waals surface area contributed by atoms with Crippen molar-refractivity contribution in [2.24, 2.45) is 0 Å². The van der Waals surface area contributed by atoms with Crippen LogP contribution in [0.2, 0.25) is 0 Å². The Hall–Kier alpha value is -1.19. The van der Waals surface area contributed by atoms with E-state index in [1.54, 1.807) is 0 Å². The number of hydrogen-bond acceptors (Lipinski definition) is 3. The molecule has 0 saturated carbocycles. The molecule has 2 aliphatic heterocycles. The van der Waals surface area contributed by atoms with Gasteiger partial charge in [0.15, 0.2) is 0 Å². The minimum absolute atomic E-state index is 0.146. The fourth-order valence-corrected chi connectivity index (χ4v) is 2.38. The quantitative estimate of drug-likeness (QED) is 0.721. The van der Waals surface area contributed by atoms with Crippen LogP contribution < -0.4 is 0 Å². The summed E-state index contributed by atoms with van der Waals surface area (Å²) in [7, 11) is 0. The number of nitrogens with zero attached hydrogens (tertiary/aromatic N) is 1. The molecule has 4 heteroatoms. The van der Waals surface area contributed by atoms with Gasteiger partial charge < -0.3 is 14.4 Å². The van der Waals surface area contributed by atoms with Gasteiger partial charge in [-0.3, -0.25) is 0 Å². The molecule has 0 aliphatic carbocycles. The maximum Gasteiger partial charge on any atom is 0.410 e. The molecule has 2 aliphatic rings. The lowest BCUT2D eigenvalue weighted by molar-refractivity contribution is 0.0254. The van der Waals surface area contributed by atoms with Gasteiger partial charge in [0.1, 0.15) is 5.60 Å². The molecule has 1 amide bonds. The molecule has 0 N–H and O–H groups in total. The maximum absolute atomic E-state index is 12.1. The van der Waals surface area contributed by atoms with E-state index in [0.717, 1.165) is 44.6 Å². The molecule has 4 nitrogen and oxygen atoms in total. The Morgan fingerprint density at radius 3 is 2.83 bits per heavy atom. The largest absolute Gasteiger partial charge is 0.498 e. The van der Waals surface area contributed by atoms with Crippen LogP contribution in [0.5, 0.6) is 0 Å². The van der Waals surface area contributed by atoms with Gasteiger partial charge in [-0.25, -0.2) is 4.79 Å². The summed E-state index contributed by atoms with van der Waals surface area (Å²) < 4.78 is 11.0. The van der Waals surface area contributed by atoms with Crippen LogP contribution in [0.25, 0.3) is 0 Å². The summed E-state index contributed by atoms with van der Waals surface area (Å²) in [6.45, 7) is 7.28. The molecule has 102 valence electrons. The molecule has 2 saturated heterocycles. The van der Waals surface area contributed by atoms with Crippen molar-refractivity contribution < 1.29 is 14.3 Å². The predicted octanol–water partition coefficient (Wildman–Crippen LogP) is 3.08. The lowest BCUT2D eigenvalue weighted by Crippen LogP contribution is -2.39. The Morgan fingerprint density at radius 2 is 2.22 bits per heavy atom. The van der Waals surface area contributed by atoms with E-state index in [9.17, 15) is 4.79 Å². The first-order valence-electron chi connectivity index (χ1n) is 6.79. The van der Waals surface area contributed by atoms with Gasteiger partial charge >= 0.3 is 6.09 Å². The predicted molar refractivity (Wildman–Crippen MR) is 69.2 cm³/mol. The molecular formula is C14H23NO3. The SMILES string of the molecule is CC(C)(C)OC(=O)N1CCCC1/C=C1/CCCO1. The zero-order chi connectivity index (χ0) is 13.2. The molecule has 18 heavy (non-hydrogen) atoms. The van der Waals surface area contributed by atoms with E-state index in [2.05, 4.69) is 6.08 Å². The molecule has 0 bridgehead atoms. The molecule has 2 rings (SSSR count). The van der Waals surface area contributed by atoms with Gasteiger partial charge in [-0.2, -0.15) is 0 Å². The third kappa shape index (κ3) is 3.40. The van der Waals surface area contributed by atoms with E-state index < -0.39 is 5.60 Å². The monoisotopic (exact) mass is 253 g/mol. The highest BCUT2D eigenvalue weighted by molar-refractivity contribution is 5.69. The molecule has 0 aromatic rings. The number of ether oxygens (including phenoxy) is 2. The van der Waals surface area contributed by atoms with Crippen molar-refractivity contribution >= 4 is 6.09 Å². The summed E-state index contributed by atoms with van der Waals surface area (Å²) in [6, 6.07) is 0.146. The minimum Gasteiger partial charge on any atom is -0.498 e. The summed E-state index contributed by atoms with van der Waals surface area (Å²) in [5.41, 5.74) is -0.429. The maximum atomic E-state index is 12.1. The minimum atomic E-state index is -0.429. The third-order valence-corrected chi connectivity index (χ3v) is 3.16. The average molecular weight is 253 g/mol. The van der Waals surface area contributed by atoms with Crippen LogP contribution in [0.4, 0.5) is 4.79 Å². The second-order valence-corrected chi connectivity index (χ2v) is 5.97. The average Bonchev–Trinajstić information content (AvgIpc) is 2.86. The Balaban J connectivity index is 1.98. The molecule has 0 aromatic carbocycles. The molecule has 1 unspecified atom stereocenters. The first-order chi connectivity index (χ1) is 8.46. The third-order valence-electron chi connectivity index (χ3n) is 3.16. The van der Waals surface area contributed by atoms with Crippen LogP contribution in [0.1, 0.15) is 46.5 Å². The fraction of sp³-hybridized carbons (Fsp3) is 0.786. The smallest absolute Gasteiger partial charge is 0.410 e. The van der Waals surface area contributed by atoms with E-state index in [1.165, 1.54) is 0 Å². The fourth-order valence-electron chi connectivity index (χ4n) is 2.38. The topological polar surface area (TPSA) is 38.8 Å². The van der Waals surface area contributed by atoms with E-state index in [-0.39, 0.29) is 12.1 Å². The zero-order valence-corrected chi connectivity index (χ0v) is 11.6. The van der Waals surface area contributed by atoms with E-state index >= 15 is 0 Å². The molecule has 0 radical (unpaired) electrons. The lowest BCUT2D eigenvalue weighted by atomic mass is 10.1. The molecule has 1 atom stereocenters. The van der Waals surface area contributed by atoms with Crippen molar-refractivity contribution in [3.63, 3.8) is 0 Å². The van der Waals surface area contributed by atoms with Crippen LogP contribution in [0, 0.1) is 0 Å². The first-order valence-corrected chi connectivity index (χ1v) is 6.79. The van der Waals surface area contributed by atoms with Crippen molar-refractivity contribution in [1.82, 2.24) is 4.90 Å². The molecular weight excluding hydrogens is 230 g/mol. The normalized spacial score (nSPS) is 26.5. The van der Waals surface area contributed by atoms with Crippen LogP contribution in [0.3, 0.4) is 0 Å². The van der Waals surface area contributed by atoms with Crippen molar-refractivity contribution in [2.45, 2.75) is 58.1 Å². The second kappa shape index (κ2) is 5.21. The van der Waals surface area contributed by atoms with Crippen LogP contribution in [-0.4, -0.2) is 35.8 Å². The number of rotatable bonds is 1. The summed E-state index contributed by atoms with van der Waals surface area (Å²) in [6.07, 6.45) is 6.02. The van der Waals surface area contributed by atoms with Gasteiger partial charge in [0.2, 0.25) is 0 Å². The number of allylic oxidation sites excluding steroid dienone is 1. The highest BCUT2D eigenvalue weighted by atomic mass is 16.6. The van der Waals surface area contributed by atoms with Gasteiger partial charge in [0, 0.05) is 13.0 Å². The van der Waals surface area contributed by atoms with Crippen molar-refractivity contribution in [3.8, 4) is 0 Å².